The molecule has 0 saturated carbocycles. The van der Waals surface area contributed by atoms with Crippen LogP contribution in [0.15, 0.2) is 23.4 Å². The lowest BCUT2D eigenvalue weighted by molar-refractivity contribution is 0.132. The van der Waals surface area contributed by atoms with E-state index in [-0.39, 0.29) is 6.61 Å². The molecule has 0 amide bonds. The second-order valence-corrected chi connectivity index (χ2v) is 2.78. The van der Waals surface area contributed by atoms with Crippen LogP contribution < -0.4 is 0 Å². The smallest absolute Gasteiger partial charge is 0.141 e. The molecular weight excluding hydrogens is 199 g/mol. The highest BCUT2D eigenvalue weighted by Crippen LogP contribution is 2.15. The van der Waals surface area contributed by atoms with Crippen LogP contribution in [0.3, 0.4) is 0 Å². The van der Waals surface area contributed by atoms with Crippen molar-refractivity contribution < 1.29 is 9.13 Å². The molecule has 0 aromatic carbocycles. The Morgan fingerprint density at radius 1 is 1.67 bits per heavy atom. The third-order valence-electron chi connectivity index (χ3n) is 1.76. The number of pyridine rings is 1. The molecule has 1 unspecified atom stereocenters. The predicted octanol–water partition coefficient (Wildman–Crippen LogP) is 2.61. The van der Waals surface area contributed by atoms with Gasteiger partial charge in [-0.15, -0.1) is 0 Å². The van der Waals surface area contributed by atoms with Gasteiger partial charge in [0.05, 0.1) is 18.5 Å². The maximum atomic E-state index is 12.6. The number of hydrogen-bond donors (Lipinski definition) is 0. The van der Waals surface area contributed by atoms with Crippen molar-refractivity contribution in [3.05, 3.63) is 40.3 Å². The van der Waals surface area contributed by atoms with Crippen LogP contribution in [0.1, 0.15) is 18.7 Å². The van der Waals surface area contributed by atoms with Gasteiger partial charge in [-0.3, -0.25) is 4.98 Å². The van der Waals surface area contributed by atoms with Crippen molar-refractivity contribution >= 4 is 0 Å². The average Bonchev–Trinajstić information content (AvgIpc) is 2.25. The van der Waals surface area contributed by atoms with Gasteiger partial charge in [-0.2, -0.15) is 0 Å². The molecule has 15 heavy (non-hydrogen) atoms. The average molecular weight is 210 g/mol. The first-order valence-electron chi connectivity index (χ1n) is 4.51. The normalized spacial score (nSPS) is 11.9. The van der Waals surface area contributed by atoms with Crippen LogP contribution in [0.25, 0.3) is 10.4 Å². The summed E-state index contributed by atoms with van der Waals surface area (Å²) in [5, 5.41) is 3.53. The van der Waals surface area contributed by atoms with Crippen LogP contribution in [0.4, 0.5) is 4.39 Å². The van der Waals surface area contributed by atoms with E-state index < -0.39 is 11.9 Å². The second kappa shape index (κ2) is 5.95. The summed E-state index contributed by atoms with van der Waals surface area (Å²) in [5.74, 6) is -0.421. The first-order valence-corrected chi connectivity index (χ1v) is 4.51. The minimum Gasteiger partial charge on any atom is -0.381 e. The molecule has 80 valence electrons. The molecule has 0 radical (unpaired) electrons. The van der Waals surface area contributed by atoms with E-state index in [0.717, 1.165) is 6.20 Å². The molecule has 0 aliphatic carbocycles. The molecule has 5 nitrogen and oxygen atoms in total. The van der Waals surface area contributed by atoms with Crippen LogP contribution in [-0.2, 0) is 4.74 Å². The number of rotatable bonds is 5. The van der Waals surface area contributed by atoms with E-state index in [2.05, 4.69) is 15.0 Å². The molecule has 0 N–H and O–H groups in total. The van der Waals surface area contributed by atoms with Crippen LogP contribution in [0.2, 0.25) is 0 Å². The van der Waals surface area contributed by atoms with Gasteiger partial charge in [0.15, 0.2) is 0 Å². The summed E-state index contributed by atoms with van der Waals surface area (Å²) < 4.78 is 17.7. The Morgan fingerprint density at radius 2 is 2.47 bits per heavy atom. The zero-order valence-corrected chi connectivity index (χ0v) is 8.30. The second-order valence-electron chi connectivity index (χ2n) is 2.78. The fourth-order valence-electron chi connectivity index (χ4n) is 1.05. The molecule has 0 saturated heterocycles. The van der Waals surface area contributed by atoms with E-state index in [0.29, 0.717) is 12.3 Å². The fraction of sp³-hybridized carbons (Fsp3) is 0.444. The number of nitrogens with zero attached hydrogens (tertiary/aromatic N) is 4. The molecule has 1 atom stereocenters. The molecule has 1 aromatic heterocycles. The Balaban J connectivity index is 2.78. The summed E-state index contributed by atoms with van der Waals surface area (Å²) in [7, 11) is 0. The predicted molar refractivity (Wildman–Crippen MR) is 52.6 cm³/mol. The van der Waals surface area contributed by atoms with E-state index in [1.807, 2.05) is 6.92 Å². The lowest BCUT2D eigenvalue weighted by atomic mass is 10.2. The van der Waals surface area contributed by atoms with E-state index in [1.165, 1.54) is 12.1 Å². The van der Waals surface area contributed by atoms with Crippen LogP contribution in [0, 0.1) is 5.82 Å². The lowest BCUT2D eigenvalue weighted by Gasteiger charge is -2.09. The van der Waals surface area contributed by atoms with Gasteiger partial charge in [0.2, 0.25) is 0 Å². The van der Waals surface area contributed by atoms with Crippen molar-refractivity contribution in [3.63, 3.8) is 0 Å². The van der Waals surface area contributed by atoms with Gasteiger partial charge in [-0.1, -0.05) is 5.11 Å². The van der Waals surface area contributed by atoms with Crippen molar-refractivity contribution in [2.75, 3.05) is 13.2 Å². The monoisotopic (exact) mass is 210 g/mol. The summed E-state index contributed by atoms with van der Waals surface area (Å²) in [4.78, 5) is 6.53. The minimum absolute atomic E-state index is 0.249. The van der Waals surface area contributed by atoms with Crippen molar-refractivity contribution in [1.82, 2.24) is 4.98 Å². The van der Waals surface area contributed by atoms with E-state index in [1.54, 1.807) is 0 Å². The zero-order valence-electron chi connectivity index (χ0n) is 8.30. The van der Waals surface area contributed by atoms with Gasteiger partial charge >= 0.3 is 0 Å². The Kier molecular flexibility index (Phi) is 4.53. The molecule has 1 heterocycles. The largest absolute Gasteiger partial charge is 0.381 e. The number of aromatic nitrogens is 1. The highest BCUT2D eigenvalue weighted by molar-refractivity contribution is 5.10. The summed E-state index contributed by atoms with van der Waals surface area (Å²) in [6, 6.07) is 2.25. The van der Waals surface area contributed by atoms with Crippen molar-refractivity contribution in [1.29, 1.82) is 0 Å². The Bertz CT molecular complexity index is 348. The molecule has 6 heteroatoms. The first-order chi connectivity index (χ1) is 7.27. The number of halogens is 1. The number of azide groups is 1. The topological polar surface area (TPSA) is 70.9 Å². The SMILES string of the molecule is CCOCC(N=[N+]=[N-])c1ccc(F)cn1. The molecule has 0 fully saturated rings. The highest BCUT2D eigenvalue weighted by Gasteiger charge is 2.10. The minimum atomic E-state index is -0.504. The summed E-state index contributed by atoms with van der Waals surface area (Å²) in [6.07, 6.45) is 1.08. The molecule has 0 aliphatic heterocycles. The van der Waals surface area contributed by atoms with Crippen molar-refractivity contribution in [2.45, 2.75) is 13.0 Å². The van der Waals surface area contributed by atoms with E-state index in [4.69, 9.17) is 10.3 Å². The van der Waals surface area contributed by atoms with Crippen LogP contribution >= 0.6 is 0 Å². The van der Waals surface area contributed by atoms with Gasteiger partial charge in [-0.05, 0) is 24.6 Å². The van der Waals surface area contributed by atoms with Gasteiger partial charge in [-0.25, -0.2) is 4.39 Å². The molecule has 0 bridgehead atoms. The molecular formula is C9H11FN4O. The maximum absolute atomic E-state index is 12.6. The van der Waals surface area contributed by atoms with Gasteiger partial charge < -0.3 is 4.74 Å². The fourth-order valence-corrected chi connectivity index (χ4v) is 1.05. The summed E-state index contributed by atoms with van der Waals surface area (Å²) in [6.45, 7) is 2.61. The molecule has 0 spiro atoms. The number of ether oxygens (including phenoxy) is 1. The van der Waals surface area contributed by atoms with E-state index in [9.17, 15) is 4.39 Å². The molecule has 1 aromatic rings. The lowest BCUT2D eigenvalue weighted by Crippen LogP contribution is -2.06. The standard InChI is InChI=1S/C9H11FN4O/c1-2-15-6-9(13-14-11)8-4-3-7(10)5-12-8/h3-5,9H,2,6H2,1H3. The Labute approximate surface area is 86.5 Å². The van der Waals surface area contributed by atoms with Gasteiger partial charge in [0.25, 0.3) is 0 Å². The third-order valence-corrected chi connectivity index (χ3v) is 1.76. The summed E-state index contributed by atoms with van der Waals surface area (Å²) in [5.41, 5.74) is 8.86. The van der Waals surface area contributed by atoms with Gasteiger partial charge in [0.1, 0.15) is 11.9 Å². The first kappa shape index (κ1) is 11.4. The molecule has 0 aliphatic rings. The van der Waals surface area contributed by atoms with E-state index >= 15 is 0 Å². The third kappa shape index (κ3) is 3.53. The van der Waals surface area contributed by atoms with Crippen LogP contribution in [-0.4, -0.2) is 18.2 Å². The Morgan fingerprint density at radius 3 is 3.00 bits per heavy atom. The van der Waals surface area contributed by atoms with Crippen molar-refractivity contribution in [3.8, 4) is 0 Å². The highest BCUT2D eigenvalue weighted by atomic mass is 19.1. The molecule has 1 rings (SSSR count). The number of hydrogen-bond acceptors (Lipinski definition) is 3. The maximum Gasteiger partial charge on any atom is 0.141 e. The Hall–Kier alpha value is -1.65. The van der Waals surface area contributed by atoms with Gasteiger partial charge in [0, 0.05) is 11.5 Å². The van der Waals surface area contributed by atoms with Crippen molar-refractivity contribution in [2.24, 2.45) is 5.11 Å². The quantitative estimate of drug-likeness (QED) is 0.425. The van der Waals surface area contributed by atoms with Crippen LogP contribution in [0.5, 0.6) is 0 Å². The summed E-state index contributed by atoms with van der Waals surface area (Å²) >= 11 is 0. The zero-order chi connectivity index (χ0) is 11.1.